The van der Waals surface area contributed by atoms with E-state index in [2.05, 4.69) is 15.2 Å². The van der Waals surface area contributed by atoms with Gasteiger partial charge in [-0.2, -0.15) is 0 Å². The third kappa shape index (κ3) is 4.34. The second kappa shape index (κ2) is 6.85. The summed E-state index contributed by atoms with van der Waals surface area (Å²) in [4.78, 5) is 6.43. The number of para-hydroxylation sites is 1. The normalized spacial score (nSPS) is 10.7. The van der Waals surface area contributed by atoms with Gasteiger partial charge in [0.05, 0.1) is 11.4 Å². The molecule has 1 heterocycles. The van der Waals surface area contributed by atoms with Gasteiger partial charge in [0, 0.05) is 25.8 Å². The minimum absolute atomic E-state index is 0.213. The Bertz CT molecular complexity index is 502. The number of likely N-dealkylation sites (N-methyl/N-ethyl adjacent to an activating group) is 1. The molecular weight excluding hydrogens is 241 g/mol. The molecule has 0 unspecified atom stereocenters. The molecule has 0 aliphatic heterocycles. The Morgan fingerprint density at radius 1 is 1.16 bits per heavy atom. The first-order chi connectivity index (χ1) is 9.25. The molecule has 4 heteroatoms. The molecule has 0 aliphatic carbocycles. The van der Waals surface area contributed by atoms with E-state index < -0.39 is 0 Å². The third-order valence-electron chi connectivity index (χ3n) is 2.84. The maximum Gasteiger partial charge on any atom is 0.146 e. The number of pyridine rings is 1. The highest BCUT2D eigenvalue weighted by Crippen LogP contribution is 2.11. The number of hydrogen-bond acceptors (Lipinski definition) is 3. The van der Waals surface area contributed by atoms with Gasteiger partial charge in [0.25, 0.3) is 0 Å². The van der Waals surface area contributed by atoms with Gasteiger partial charge in [0.2, 0.25) is 0 Å². The number of nitrogens with zero attached hydrogens (tertiary/aromatic N) is 2. The Labute approximate surface area is 113 Å². The van der Waals surface area contributed by atoms with Crippen molar-refractivity contribution in [3.05, 3.63) is 60.2 Å². The average Bonchev–Trinajstić information content (AvgIpc) is 2.42. The highest BCUT2D eigenvalue weighted by atomic mass is 19.1. The summed E-state index contributed by atoms with van der Waals surface area (Å²) < 4.78 is 13.4. The van der Waals surface area contributed by atoms with Gasteiger partial charge in [0.1, 0.15) is 5.82 Å². The summed E-state index contributed by atoms with van der Waals surface area (Å²) >= 11 is 0. The molecule has 100 valence electrons. The highest BCUT2D eigenvalue weighted by molar-refractivity contribution is 5.44. The number of benzene rings is 1. The van der Waals surface area contributed by atoms with Gasteiger partial charge in [-0.3, -0.25) is 9.88 Å². The summed E-state index contributed by atoms with van der Waals surface area (Å²) in [6.07, 6.45) is 1.79. The van der Waals surface area contributed by atoms with E-state index in [4.69, 9.17) is 0 Å². The maximum absolute atomic E-state index is 13.4. The molecule has 0 fully saturated rings. The van der Waals surface area contributed by atoms with E-state index in [9.17, 15) is 4.39 Å². The fraction of sp³-hybridized carbons (Fsp3) is 0.267. The average molecular weight is 259 g/mol. The third-order valence-corrected chi connectivity index (χ3v) is 2.84. The standard InChI is InChI=1S/C15H18FN3/c1-19(12-13-6-4-5-9-17-13)11-10-18-15-8-3-2-7-14(15)16/h2-9,18H,10-12H2,1H3. The lowest BCUT2D eigenvalue weighted by atomic mass is 10.3. The number of halogens is 1. The van der Waals surface area contributed by atoms with Crippen molar-refractivity contribution in [2.45, 2.75) is 6.54 Å². The Morgan fingerprint density at radius 3 is 2.68 bits per heavy atom. The summed E-state index contributed by atoms with van der Waals surface area (Å²) in [7, 11) is 2.03. The van der Waals surface area contributed by atoms with Crippen molar-refractivity contribution in [2.75, 3.05) is 25.5 Å². The number of rotatable bonds is 6. The second-order valence-corrected chi connectivity index (χ2v) is 4.47. The Balaban J connectivity index is 1.75. The number of aromatic nitrogens is 1. The predicted molar refractivity (Wildman–Crippen MR) is 75.5 cm³/mol. The monoisotopic (exact) mass is 259 g/mol. The Morgan fingerprint density at radius 2 is 1.95 bits per heavy atom. The zero-order valence-electron chi connectivity index (χ0n) is 11.0. The van der Waals surface area contributed by atoms with Crippen LogP contribution < -0.4 is 5.32 Å². The topological polar surface area (TPSA) is 28.2 Å². The predicted octanol–water partition coefficient (Wildman–Crippen LogP) is 2.76. The van der Waals surface area contributed by atoms with Crippen molar-refractivity contribution in [3.8, 4) is 0 Å². The Hall–Kier alpha value is -1.94. The molecule has 2 aromatic rings. The highest BCUT2D eigenvalue weighted by Gasteiger charge is 2.02. The van der Waals surface area contributed by atoms with Crippen LogP contribution in [0.4, 0.5) is 10.1 Å². The summed E-state index contributed by atoms with van der Waals surface area (Å²) in [5.41, 5.74) is 1.59. The minimum atomic E-state index is -0.213. The van der Waals surface area contributed by atoms with Crippen LogP contribution in [0.5, 0.6) is 0 Å². The van der Waals surface area contributed by atoms with Crippen molar-refractivity contribution in [3.63, 3.8) is 0 Å². The summed E-state index contributed by atoms with van der Waals surface area (Å²) in [5, 5.41) is 3.09. The molecule has 0 radical (unpaired) electrons. The van der Waals surface area contributed by atoms with E-state index in [1.807, 2.05) is 31.3 Å². The van der Waals surface area contributed by atoms with Crippen LogP contribution in [0.15, 0.2) is 48.7 Å². The molecule has 1 N–H and O–H groups in total. The van der Waals surface area contributed by atoms with Gasteiger partial charge in [-0.15, -0.1) is 0 Å². The summed E-state index contributed by atoms with van der Waals surface area (Å²) in [6, 6.07) is 12.6. The van der Waals surface area contributed by atoms with Gasteiger partial charge < -0.3 is 5.32 Å². The fourth-order valence-corrected chi connectivity index (χ4v) is 1.83. The number of anilines is 1. The molecule has 1 aromatic heterocycles. The van der Waals surface area contributed by atoms with E-state index in [-0.39, 0.29) is 5.82 Å². The first kappa shape index (κ1) is 13.5. The van der Waals surface area contributed by atoms with Gasteiger partial charge in [-0.25, -0.2) is 4.39 Å². The van der Waals surface area contributed by atoms with Crippen LogP contribution in [0, 0.1) is 5.82 Å². The summed E-state index contributed by atoms with van der Waals surface area (Å²) in [5.74, 6) is -0.213. The van der Waals surface area contributed by atoms with Gasteiger partial charge in [0.15, 0.2) is 0 Å². The molecule has 2 rings (SSSR count). The lowest BCUT2D eigenvalue weighted by molar-refractivity contribution is 0.335. The molecule has 0 saturated carbocycles. The molecule has 19 heavy (non-hydrogen) atoms. The van der Waals surface area contributed by atoms with Crippen LogP contribution in [0.2, 0.25) is 0 Å². The zero-order valence-corrected chi connectivity index (χ0v) is 11.0. The zero-order chi connectivity index (χ0) is 13.5. The van der Waals surface area contributed by atoms with E-state index in [0.717, 1.165) is 18.8 Å². The molecule has 3 nitrogen and oxygen atoms in total. The second-order valence-electron chi connectivity index (χ2n) is 4.47. The minimum Gasteiger partial charge on any atom is -0.381 e. The molecule has 0 amide bonds. The van der Waals surface area contributed by atoms with Crippen LogP contribution in [0.1, 0.15) is 5.69 Å². The van der Waals surface area contributed by atoms with Gasteiger partial charge in [-0.1, -0.05) is 18.2 Å². The molecule has 0 bridgehead atoms. The molecule has 0 atom stereocenters. The van der Waals surface area contributed by atoms with Crippen molar-refractivity contribution in [1.82, 2.24) is 9.88 Å². The lowest BCUT2D eigenvalue weighted by Crippen LogP contribution is -2.25. The van der Waals surface area contributed by atoms with Crippen molar-refractivity contribution >= 4 is 5.69 Å². The SMILES string of the molecule is CN(CCNc1ccccc1F)Cc1ccccn1. The van der Waals surface area contributed by atoms with Crippen molar-refractivity contribution in [2.24, 2.45) is 0 Å². The van der Waals surface area contributed by atoms with Gasteiger partial charge in [-0.05, 0) is 31.3 Å². The molecule has 0 aliphatic rings. The molecular formula is C15H18FN3. The quantitative estimate of drug-likeness (QED) is 0.864. The van der Waals surface area contributed by atoms with Crippen LogP contribution in [0.3, 0.4) is 0 Å². The van der Waals surface area contributed by atoms with Crippen LogP contribution in [-0.2, 0) is 6.54 Å². The fourth-order valence-electron chi connectivity index (χ4n) is 1.83. The van der Waals surface area contributed by atoms with Gasteiger partial charge >= 0.3 is 0 Å². The van der Waals surface area contributed by atoms with E-state index in [1.165, 1.54) is 6.07 Å². The van der Waals surface area contributed by atoms with Crippen molar-refractivity contribution in [1.29, 1.82) is 0 Å². The van der Waals surface area contributed by atoms with E-state index >= 15 is 0 Å². The first-order valence-corrected chi connectivity index (χ1v) is 6.32. The van der Waals surface area contributed by atoms with Crippen molar-refractivity contribution < 1.29 is 4.39 Å². The number of nitrogens with one attached hydrogen (secondary N) is 1. The largest absolute Gasteiger partial charge is 0.381 e. The van der Waals surface area contributed by atoms with Crippen LogP contribution >= 0.6 is 0 Å². The number of hydrogen-bond donors (Lipinski definition) is 1. The Kier molecular flexibility index (Phi) is 4.86. The summed E-state index contributed by atoms with van der Waals surface area (Å²) in [6.45, 7) is 2.31. The molecule has 0 saturated heterocycles. The van der Waals surface area contributed by atoms with E-state index in [0.29, 0.717) is 12.2 Å². The van der Waals surface area contributed by atoms with Crippen LogP contribution in [-0.4, -0.2) is 30.0 Å². The molecule has 1 aromatic carbocycles. The smallest absolute Gasteiger partial charge is 0.146 e. The first-order valence-electron chi connectivity index (χ1n) is 6.32. The van der Waals surface area contributed by atoms with Crippen LogP contribution in [0.25, 0.3) is 0 Å². The molecule has 0 spiro atoms. The van der Waals surface area contributed by atoms with E-state index in [1.54, 1.807) is 18.3 Å². The lowest BCUT2D eigenvalue weighted by Gasteiger charge is -2.17. The maximum atomic E-state index is 13.4.